The van der Waals surface area contributed by atoms with Crippen LogP contribution in [0.25, 0.3) is 0 Å². The molecule has 0 atom stereocenters. The molecule has 1 aromatic heterocycles. The molecule has 0 aromatic carbocycles. The van der Waals surface area contributed by atoms with Crippen molar-refractivity contribution in [1.82, 2.24) is 5.27 Å². The molecule has 0 aliphatic rings. The van der Waals surface area contributed by atoms with Crippen LogP contribution in [0.15, 0.2) is 10.7 Å². The molecule has 0 fully saturated rings. The lowest BCUT2D eigenvalue weighted by Gasteiger charge is -1.95. The Kier molecular flexibility index (Phi) is 2.46. The minimum atomic E-state index is -0.381. The third kappa shape index (κ3) is 2.57. The van der Waals surface area contributed by atoms with Gasteiger partial charge in [-0.2, -0.15) is 0 Å². The fourth-order valence-corrected chi connectivity index (χ4v) is 0.757. The van der Waals surface area contributed by atoms with Gasteiger partial charge in [0.1, 0.15) is 5.95 Å². The van der Waals surface area contributed by atoms with E-state index in [1.807, 2.05) is 0 Å². The van der Waals surface area contributed by atoms with Gasteiger partial charge in [0.05, 0.1) is 5.27 Å². The van der Waals surface area contributed by atoms with Gasteiger partial charge < -0.3 is 9.63 Å². The normalized spacial score (nSPS) is 10.8. The van der Waals surface area contributed by atoms with E-state index in [9.17, 15) is 5.11 Å². The van der Waals surface area contributed by atoms with Crippen LogP contribution in [0.4, 0.5) is 0 Å². The van der Waals surface area contributed by atoms with Crippen LogP contribution in [-0.2, 0) is 6.54 Å². The van der Waals surface area contributed by atoms with Crippen molar-refractivity contribution in [2.75, 3.05) is 0 Å². The number of aromatic nitrogens is 2. The molecule has 4 nitrogen and oxygen atoms in total. The molecule has 0 radical (unpaired) electrons. The van der Waals surface area contributed by atoms with Gasteiger partial charge in [0, 0.05) is 6.42 Å². The third-order valence-electron chi connectivity index (χ3n) is 1.43. The van der Waals surface area contributed by atoms with Crippen molar-refractivity contribution in [2.45, 2.75) is 26.8 Å². The highest BCUT2D eigenvalue weighted by Gasteiger charge is 2.04. The van der Waals surface area contributed by atoms with Crippen molar-refractivity contribution in [2.24, 2.45) is 5.92 Å². The summed E-state index contributed by atoms with van der Waals surface area (Å²) >= 11 is 0. The van der Waals surface area contributed by atoms with Crippen LogP contribution >= 0.6 is 0 Å². The van der Waals surface area contributed by atoms with Crippen molar-refractivity contribution >= 4 is 0 Å². The van der Waals surface area contributed by atoms with Crippen LogP contribution in [0.5, 0.6) is 5.95 Å². The maximum Gasteiger partial charge on any atom is 0.221 e. The second-order valence-electron chi connectivity index (χ2n) is 2.97. The monoisotopic (exact) mass is 156 g/mol. The maximum absolute atomic E-state index is 10.5. The van der Waals surface area contributed by atoms with Crippen LogP contribution in [0.3, 0.4) is 0 Å². The molecule has 1 heterocycles. The molecule has 0 N–H and O–H groups in total. The molecule has 11 heavy (non-hydrogen) atoms. The number of hydrogen-bond donors (Lipinski definition) is 0. The van der Waals surface area contributed by atoms with Crippen molar-refractivity contribution in [1.29, 1.82) is 0 Å². The second-order valence-corrected chi connectivity index (χ2v) is 2.97. The fourth-order valence-electron chi connectivity index (χ4n) is 0.757. The summed E-state index contributed by atoms with van der Waals surface area (Å²) in [7, 11) is 0. The molecule has 4 heteroatoms. The quantitative estimate of drug-likeness (QED) is 0.582. The zero-order valence-electron chi connectivity index (χ0n) is 6.78. The highest BCUT2D eigenvalue weighted by atomic mass is 16.6. The van der Waals surface area contributed by atoms with Gasteiger partial charge in [-0.3, -0.25) is 0 Å². The maximum atomic E-state index is 10.5. The van der Waals surface area contributed by atoms with E-state index >= 15 is 0 Å². The first-order chi connectivity index (χ1) is 5.18. The van der Waals surface area contributed by atoms with Gasteiger partial charge in [0.25, 0.3) is 0 Å². The minimum absolute atomic E-state index is 0.381. The molecule has 0 amide bonds. The number of rotatable bonds is 3. The van der Waals surface area contributed by atoms with Crippen LogP contribution in [0, 0.1) is 5.92 Å². The summed E-state index contributed by atoms with van der Waals surface area (Å²) in [5.41, 5.74) is 0. The smallest absolute Gasteiger partial charge is 0.221 e. The Balaban J connectivity index is 2.39. The average molecular weight is 156 g/mol. The Morgan fingerprint density at radius 2 is 2.45 bits per heavy atom. The molecule has 62 valence electrons. The second kappa shape index (κ2) is 3.37. The van der Waals surface area contributed by atoms with Crippen molar-refractivity contribution in [3.8, 4) is 5.95 Å². The van der Waals surface area contributed by atoms with E-state index in [-0.39, 0.29) is 5.95 Å². The topological polar surface area (TPSA) is 53.0 Å². The van der Waals surface area contributed by atoms with E-state index < -0.39 is 0 Å². The highest BCUT2D eigenvalue weighted by molar-refractivity contribution is 4.80. The van der Waals surface area contributed by atoms with E-state index in [0.717, 1.165) is 13.0 Å². The van der Waals surface area contributed by atoms with Gasteiger partial charge in [0.15, 0.2) is 6.54 Å². The fraction of sp³-hybridized carbons (Fsp3) is 0.714. The largest absolute Gasteiger partial charge is 0.539 e. The van der Waals surface area contributed by atoms with Crippen LogP contribution in [-0.4, -0.2) is 5.27 Å². The minimum Gasteiger partial charge on any atom is -0.539 e. The van der Waals surface area contributed by atoms with Gasteiger partial charge >= 0.3 is 0 Å². The molecule has 1 aromatic rings. The zero-order chi connectivity index (χ0) is 8.27. The lowest BCUT2D eigenvalue weighted by atomic mass is 10.1. The number of nitrogens with zero attached hydrogens (tertiary/aromatic N) is 2. The molecular formula is C7H12N2O2. The Hall–Kier alpha value is -1.06. The molecule has 0 saturated carbocycles. The van der Waals surface area contributed by atoms with Gasteiger partial charge in [-0.25, -0.2) is 0 Å². The SMILES string of the molecule is CC(C)CC[n+]1cc([O-])on1. The lowest BCUT2D eigenvalue weighted by Crippen LogP contribution is -2.35. The molecule has 1 rings (SSSR count). The lowest BCUT2D eigenvalue weighted by molar-refractivity contribution is -0.763. The first-order valence-corrected chi connectivity index (χ1v) is 3.72. The predicted octanol–water partition coefficient (Wildman–Crippen LogP) is 0.0818. The van der Waals surface area contributed by atoms with E-state index in [1.54, 1.807) is 0 Å². The Morgan fingerprint density at radius 3 is 2.91 bits per heavy atom. The molecule has 0 unspecified atom stereocenters. The third-order valence-corrected chi connectivity index (χ3v) is 1.43. The average Bonchev–Trinajstić information content (AvgIpc) is 2.31. The van der Waals surface area contributed by atoms with E-state index in [0.29, 0.717) is 5.92 Å². The summed E-state index contributed by atoms with van der Waals surface area (Å²) in [4.78, 5) is 0. The van der Waals surface area contributed by atoms with Crippen molar-refractivity contribution in [3.05, 3.63) is 6.20 Å². The van der Waals surface area contributed by atoms with Gasteiger partial charge in [-0.1, -0.05) is 18.5 Å². The van der Waals surface area contributed by atoms with E-state index in [4.69, 9.17) is 0 Å². The van der Waals surface area contributed by atoms with Gasteiger partial charge in [-0.05, 0) is 5.92 Å². The Bertz CT molecular complexity index is 220. The standard InChI is InChI=1S/C7H12N2O2/c1-6(2)3-4-9-5-7(10)11-8-9/h5-6H,3-4H2,1-2H3. The predicted molar refractivity (Wildman–Crippen MR) is 35.6 cm³/mol. The molecule has 0 spiro atoms. The number of aryl methyl sites for hydroxylation is 1. The van der Waals surface area contributed by atoms with E-state index in [1.165, 1.54) is 10.9 Å². The summed E-state index contributed by atoms with van der Waals surface area (Å²) in [6.45, 7) is 5.00. The molecule has 0 aliphatic carbocycles. The van der Waals surface area contributed by atoms with Gasteiger partial charge in [0.2, 0.25) is 6.20 Å². The van der Waals surface area contributed by atoms with Crippen molar-refractivity contribution < 1.29 is 14.3 Å². The molecule has 0 saturated heterocycles. The Morgan fingerprint density at radius 1 is 1.73 bits per heavy atom. The van der Waals surface area contributed by atoms with Crippen LogP contribution < -0.4 is 9.79 Å². The zero-order valence-corrected chi connectivity index (χ0v) is 6.78. The van der Waals surface area contributed by atoms with Crippen molar-refractivity contribution in [3.63, 3.8) is 0 Å². The summed E-state index contributed by atoms with van der Waals surface area (Å²) in [6.07, 6.45) is 2.37. The highest BCUT2D eigenvalue weighted by Crippen LogP contribution is 1.99. The van der Waals surface area contributed by atoms with Crippen LogP contribution in [0.2, 0.25) is 0 Å². The summed E-state index contributed by atoms with van der Waals surface area (Å²) in [6, 6.07) is 0. The first kappa shape index (κ1) is 8.04. The Labute approximate surface area is 65.4 Å². The van der Waals surface area contributed by atoms with E-state index in [2.05, 4.69) is 23.6 Å². The summed E-state index contributed by atoms with van der Waals surface area (Å²) in [5, 5.41) is 14.0. The van der Waals surface area contributed by atoms with Gasteiger partial charge in [-0.15, -0.1) is 0 Å². The molecular weight excluding hydrogens is 144 g/mol. The molecule has 0 aliphatic heterocycles. The summed E-state index contributed by atoms with van der Waals surface area (Å²) < 4.78 is 5.88. The number of hydrogen-bond acceptors (Lipinski definition) is 3. The summed E-state index contributed by atoms with van der Waals surface area (Å²) in [5.74, 6) is 0.239. The molecule has 0 bridgehead atoms. The first-order valence-electron chi connectivity index (χ1n) is 3.72. The van der Waals surface area contributed by atoms with Crippen LogP contribution in [0.1, 0.15) is 20.3 Å².